The summed E-state index contributed by atoms with van der Waals surface area (Å²) < 4.78 is 0. The largest absolute Gasteiger partial charge is 0.369 e. The van der Waals surface area contributed by atoms with Gasteiger partial charge in [-0.3, -0.25) is 9.59 Å². The first-order chi connectivity index (χ1) is 12.0. The highest BCUT2D eigenvalue weighted by Crippen LogP contribution is 2.31. The molecule has 1 aliphatic rings. The van der Waals surface area contributed by atoms with E-state index in [9.17, 15) is 9.59 Å². The second-order valence-electron chi connectivity index (χ2n) is 6.49. The van der Waals surface area contributed by atoms with Crippen molar-refractivity contribution in [3.8, 4) is 0 Å². The maximum Gasteiger partial charge on any atom is 0.237 e. The van der Waals surface area contributed by atoms with E-state index in [0.29, 0.717) is 18.7 Å². The normalized spacial score (nSPS) is 16.4. The van der Waals surface area contributed by atoms with Crippen LogP contribution in [0.3, 0.4) is 0 Å². The van der Waals surface area contributed by atoms with Crippen molar-refractivity contribution in [2.24, 2.45) is 11.7 Å². The Hall–Kier alpha value is -2.27. The number of benzene rings is 2. The smallest absolute Gasteiger partial charge is 0.237 e. The van der Waals surface area contributed by atoms with Crippen LogP contribution in [0.4, 0.5) is 5.69 Å². The summed E-state index contributed by atoms with van der Waals surface area (Å²) in [5, 5.41) is 0. The highest BCUT2D eigenvalue weighted by molar-refractivity contribution is 8.00. The number of hydrogen-bond donors (Lipinski definition) is 1. The number of nitrogens with zero attached hydrogens (tertiary/aromatic N) is 1. The fourth-order valence-electron chi connectivity index (χ4n) is 3.10. The molecule has 0 aliphatic carbocycles. The summed E-state index contributed by atoms with van der Waals surface area (Å²) in [4.78, 5) is 27.4. The Morgan fingerprint density at radius 2 is 1.96 bits per heavy atom. The van der Waals surface area contributed by atoms with Gasteiger partial charge in [0.15, 0.2) is 0 Å². The second kappa shape index (κ2) is 7.31. The Morgan fingerprint density at radius 3 is 2.72 bits per heavy atom. The first kappa shape index (κ1) is 17.5. The molecule has 0 fully saturated rings. The Labute approximate surface area is 152 Å². The molecule has 0 saturated heterocycles. The van der Waals surface area contributed by atoms with Crippen LogP contribution in [0.25, 0.3) is 0 Å². The van der Waals surface area contributed by atoms with E-state index in [2.05, 4.69) is 18.2 Å². The minimum Gasteiger partial charge on any atom is -0.369 e. The van der Waals surface area contributed by atoms with Gasteiger partial charge in [0.25, 0.3) is 0 Å². The van der Waals surface area contributed by atoms with Gasteiger partial charge < -0.3 is 10.6 Å². The zero-order valence-electron chi connectivity index (χ0n) is 14.5. The fourth-order valence-corrected chi connectivity index (χ4v) is 4.10. The first-order valence-corrected chi connectivity index (χ1v) is 9.32. The SMILES string of the molecule is Cc1ccc(C)c(SCC(=O)N2C[C@H](C(N)=O)Cc3ccccc32)c1. The monoisotopic (exact) mass is 354 g/mol. The molecule has 1 heterocycles. The van der Waals surface area contributed by atoms with Gasteiger partial charge in [-0.1, -0.05) is 35.9 Å². The third kappa shape index (κ3) is 3.87. The van der Waals surface area contributed by atoms with Crippen molar-refractivity contribution in [2.75, 3.05) is 17.2 Å². The minimum absolute atomic E-state index is 0.00399. The summed E-state index contributed by atoms with van der Waals surface area (Å²) >= 11 is 1.54. The van der Waals surface area contributed by atoms with E-state index >= 15 is 0 Å². The lowest BCUT2D eigenvalue weighted by atomic mass is 9.92. The number of nitrogens with two attached hydrogens (primary N) is 1. The Kier molecular flexibility index (Phi) is 5.13. The molecule has 1 atom stereocenters. The molecule has 0 saturated carbocycles. The van der Waals surface area contributed by atoms with Gasteiger partial charge in [-0.15, -0.1) is 11.8 Å². The Balaban J connectivity index is 1.78. The maximum atomic E-state index is 12.9. The van der Waals surface area contributed by atoms with Crippen molar-refractivity contribution in [3.05, 3.63) is 59.2 Å². The molecule has 2 amide bonds. The van der Waals surface area contributed by atoms with Crippen LogP contribution in [-0.2, 0) is 16.0 Å². The van der Waals surface area contributed by atoms with Crippen LogP contribution in [0.5, 0.6) is 0 Å². The second-order valence-corrected chi connectivity index (χ2v) is 7.51. The lowest BCUT2D eigenvalue weighted by Crippen LogP contribution is -2.45. The van der Waals surface area contributed by atoms with Gasteiger partial charge in [0.2, 0.25) is 11.8 Å². The fraction of sp³-hybridized carbons (Fsp3) is 0.300. The van der Waals surface area contributed by atoms with Gasteiger partial charge >= 0.3 is 0 Å². The molecule has 0 spiro atoms. The molecule has 25 heavy (non-hydrogen) atoms. The molecule has 1 aliphatic heterocycles. The number of anilines is 1. The summed E-state index contributed by atoms with van der Waals surface area (Å²) in [6.07, 6.45) is 0.597. The summed E-state index contributed by atoms with van der Waals surface area (Å²) in [7, 11) is 0. The molecular formula is C20H22N2O2S. The number of fused-ring (bicyclic) bond motifs is 1. The van der Waals surface area contributed by atoms with Gasteiger partial charge in [0, 0.05) is 17.1 Å². The highest BCUT2D eigenvalue weighted by atomic mass is 32.2. The van der Waals surface area contributed by atoms with E-state index in [-0.39, 0.29) is 17.7 Å². The van der Waals surface area contributed by atoms with E-state index in [1.165, 1.54) is 17.3 Å². The molecule has 4 nitrogen and oxygen atoms in total. The van der Waals surface area contributed by atoms with Crippen LogP contribution >= 0.6 is 11.8 Å². The number of thioether (sulfide) groups is 1. The number of amides is 2. The lowest BCUT2D eigenvalue weighted by Gasteiger charge is -2.33. The highest BCUT2D eigenvalue weighted by Gasteiger charge is 2.31. The third-order valence-corrected chi connectivity index (χ3v) is 5.69. The number of carbonyl (C=O) groups is 2. The number of para-hydroxylation sites is 1. The maximum absolute atomic E-state index is 12.9. The zero-order chi connectivity index (χ0) is 18.0. The predicted molar refractivity (Wildman–Crippen MR) is 102 cm³/mol. The van der Waals surface area contributed by atoms with Crippen molar-refractivity contribution in [3.63, 3.8) is 0 Å². The number of aryl methyl sites for hydroxylation is 2. The van der Waals surface area contributed by atoms with Crippen molar-refractivity contribution < 1.29 is 9.59 Å². The van der Waals surface area contributed by atoms with E-state index < -0.39 is 0 Å². The van der Waals surface area contributed by atoms with Crippen LogP contribution < -0.4 is 10.6 Å². The van der Waals surface area contributed by atoms with Crippen molar-refractivity contribution in [1.29, 1.82) is 0 Å². The van der Waals surface area contributed by atoms with Gasteiger partial charge in [-0.2, -0.15) is 0 Å². The van der Waals surface area contributed by atoms with E-state index in [1.807, 2.05) is 38.1 Å². The van der Waals surface area contributed by atoms with Gasteiger partial charge in [0.1, 0.15) is 0 Å². The average Bonchev–Trinajstić information content (AvgIpc) is 2.61. The van der Waals surface area contributed by atoms with E-state index in [0.717, 1.165) is 21.7 Å². The number of hydrogen-bond acceptors (Lipinski definition) is 3. The van der Waals surface area contributed by atoms with Crippen molar-refractivity contribution in [2.45, 2.75) is 25.2 Å². The third-order valence-electron chi connectivity index (χ3n) is 4.55. The number of primary amides is 1. The van der Waals surface area contributed by atoms with Gasteiger partial charge in [0.05, 0.1) is 11.7 Å². The van der Waals surface area contributed by atoms with Crippen molar-refractivity contribution >= 4 is 29.3 Å². The predicted octanol–water partition coefficient (Wildman–Crippen LogP) is 3.09. The minimum atomic E-state index is -0.352. The summed E-state index contributed by atoms with van der Waals surface area (Å²) in [6, 6.07) is 14.0. The van der Waals surface area contributed by atoms with Crippen LogP contribution in [0.2, 0.25) is 0 Å². The molecule has 5 heteroatoms. The molecule has 2 aromatic rings. The zero-order valence-corrected chi connectivity index (χ0v) is 15.3. The van der Waals surface area contributed by atoms with Crippen LogP contribution in [0.1, 0.15) is 16.7 Å². The van der Waals surface area contributed by atoms with Crippen LogP contribution in [-0.4, -0.2) is 24.1 Å². The molecule has 2 aromatic carbocycles. The molecule has 0 unspecified atom stereocenters. The molecule has 0 aromatic heterocycles. The molecule has 0 radical (unpaired) electrons. The van der Waals surface area contributed by atoms with Gasteiger partial charge in [-0.05, 0) is 43.5 Å². The molecule has 2 N–H and O–H groups in total. The summed E-state index contributed by atoms with van der Waals surface area (Å²) in [6.45, 7) is 4.45. The average molecular weight is 354 g/mol. The quantitative estimate of drug-likeness (QED) is 0.858. The van der Waals surface area contributed by atoms with E-state index in [1.54, 1.807) is 4.90 Å². The first-order valence-electron chi connectivity index (χ1n) is 8.33. The lowest BCUT2D eigenvalue weighted by molar-refractivity contribution is -0.122. The standard InChI is InChI=1S/C20H22N2O2S/c1-13-7-8-14(2)18(9-13)25-12-19(23)22-11-16(20(21)24)10-15-5-3-4-6-17(15)22/h3-9,16H,10-12H2,1-2H3,(H2,21,24)/t16-/m1/s1. The number of rotatable bonds is 4. The van der Waals surface area contributed by atoms with Gasteiger partial charge in [-0.25, -0.2) is 0 Å². The van der Waals surface area contributed by atoms with E-state index in [4.69, 9.17) is 5.73 Å². The molecule has 3 rings (SSSR count). The topological polar surface area (TPSA) is 63.4 Å². The molecule has 0 bridgehead atoms. The molecular weight excluding hydrogens is 332 g/mol. The number of carbonyl (C=O) groups excluding carboxylic acids is 2. The summed E-state index contributed by atoms with van der Waals surface area (Å²) in [5.74, 6) is -0.340. The Bertz CT molecular complexity index is 819. The van der Waals surface area contributed by atoms with Crippen molar-refractivity contribution in [1.82, 2.24) is 0 Å². The van der Waals surface area contributed by atoms with Crippen LogP contribution in [0, 0.1) is 19.8 Å². The Morgan fingerprint density at radius 1 is 1.20 bits per heavy atom. The van der Waals surface area contributed by atoms with Crippen LogP contribution in [0.15, 0.2) is 47.4 Å². The summed E-state index contributed by atoms with van der Waals surface area (Å²) in [5.41, 5.74) is 9.75. The molecule has 130 valence electrons.